The zero-order valence-corrected chi connectivity index (χ0v) is 11.3. The Bertz CT molecular complexity index is 307. The van der Waals surface area contributed by atoms with Crippen LogP contribution in [0.5, 0.6) is 0 Å². The average Bonchev–Trinajstić information content (AvgIpc) is 2.78. The molecule has 0 aliphatic carbocycles. The van der Waals surface area contributed by atoms with Crippen LogP contribution in [0.4, 0.5) is 0 Å². The molecule has 0 bridgehead atoms. The van der Waals surface area contributed by atoms with E-state index in [-0.39, 0.29) is 6.61 Å². The highest BCUT2D eigenvalue weighted by molar-refractivity contribution is 4.93. The van der Waals surface area contributed by atoms with E-state index in [9.17, 15) is 0 Å². The molecular formula is C13H25N3O. The van der Waals surface area contributed by atoms with E-state index < -0.39 is 0 Å². The van der Waals surface area contributed by atoms with Crippen LogP contribution in [0.15, 0.2) is 12.4 Å². The summed E-state index contributed by atoms with van der Waals surface area (Å²) in [5.41, 5.74) is 0. The zero-order chi connectivity index (χ0) is 12.7. The van der Waals surface area contributed by atoms with Crippen LogP contribution in [0, 0.1) is 0 Å². The van der Waals surface area contributed by atoms with Gasteiger partial charge in [0.25, 0.3) is 0 Å². The van der Waals surface area contributed by atoms with Gasteiger partial charge >= 0.3 is 0 Å². The van der Waals surface area contributed by atoms with E-state index in [0.29, 0.717) is 6.04 Å². The summed E-state index contributed by atoms with van der Waals surface area (Å²) in [6.45, 7) is 9.24. The summed E-state index contributed by atoms with van der Waals surface area (Å²) in [7, 11) is 0. The second-order valence-electron chi connectivity index (χ2n) is 4.29. The molecule has 0 atom stereocenters. The van der Waals surface area contributed by atoms with Gasteiger partial charge in [-0.1, -0.05) is 13.8 Å². The second-order valence-corrected chi connectivity index (χ2v) is 4.29. The maximum absolute atomic E-state index is 9.16. The van der Waals surface area contributed by atoms with Gasteiger partial charge in [0.15, 0.2) is 0 Å². The Morgan fingerprint density at radius 2 is 2.06 bits per heavy atom. The number of imidazole rings is 1. The minimum atomic E-state index is 0.212. The third-order valence-corrected chi connectivity index (χ3v) is 3.33. The van der Waals surface area contributed by atoms with Crippen LogP contribution in [0.2, 0.25) is 0 Å². The van der Waals surface area contributed by atoms with Crippen molar-refractivity contribution >= 4 is 0 Å². The summed E-state index contributed by atoms with van der Waals surface area (Å²) in [5, 5.41) is 9.16. The lowest BCUT2D eigenvalue weighted by Crippen LogP contribution is -2.37. The molecule has 0 amide bonds. The Balaban J connectivity index is 2.71. The molecule has 0 saturated heterocycles. The van der Waals surface area contributed by atoms with Crippen LogP contribution in [0.25, 0.3) is 0 Å². The fourth-order valence-corrected chi connectivity index (χ4v) is 2.29. The van der Waals surface area contributed by atoms with Gasteiger partial charge in [0.2, 0.25) is 0 Å². The van der Waals surface area contributed by atoms with Gasteiger partial charge < -0.3 is 9.67 Å². The van der Waals surface area contributed by atoms with Crippen LogP contribution in [0.3, 0.4) is 0 Å². The van der Waals surface area contributed by atoms with Gasteiger partial charge in [-0.15, -0.1) is 0 Å². The average molecular weight is 239 g/mol. The first-order chi connectivity index (χ1) is 8.26. The van der Waals surface area contributed by atoms with Crippen molar-refractivity contribution in [3.05, 3.63) is 18.2 Å². The monoisotopic (exact) mass is 239 g/mol. The largest absolute Gasteiger partial charge is 0.395 e. The third-order valence-electron chi connectivity index (χ3n) is 3.33. The smallest absolute Gasteiger partial charge is 0.122 e. The van der Waals surface area contributed by atoms with E-state index >= 15 is 0 Å². The molecule has 1 N–H and O–H groups in total. The lowest BCUT2D eigenvalue weighted by molar-refractivity contribution is 0.132. The van der Waals surface area contributed by atoms with Gasteiger partial charge in [0, 0.05) is 31.5 Å². The summed E-state index contributed by atoms with van der Waals surface area (Å²) < 4.78 is 2.16. The number of hydrogen-bond acceptors (Lipinski definition) is 3. The molecule has 1 heterocycles. The maximum atomic E-state index is 9.16. The molecule has 0 fully saturated rings. The van der Waals surface area contributed by atoms with Gasteiger partial charge in [-0.2, -0.15) is 0 Å². The van der Waals surface area contributed by atoms with E-state index in [4.69, 9.17) is 5.11 Å². The fraction of sp³-hybridized carbons (Fsp3) is 0.769. The summed E-state index contributed by atoms with van der Waals surface area (Å²) in [6, 6.07) is 0.532. The van der Waals surface area contributed by atoms with Crippen molar-refractivity contribution < 1.29 is 5.11 Å². The highest BCUT2D eigenvalue weighted by Crippen LogP contribution is 2.12. The summed E-state index contributed by atoms with van der Waals surface area (Å²) in [4.78, 5) is 6.73. The molecule has 17 heavy (non-hydrogen) atoms. The number of nitrogens with zero attached hydrogens (tertiary/aromatic N) is 3. The normalized spacial score (nSPS) is 11.6. The van der Waals surface area contributed by atoms with Crippen LogP contribution in [-0.4, -0.2) is 38.8 Å². The van der Waals surface area contributed by atoms with Crippen LogP contribution < -0.4 is 0 Å². The quantitative estimate of drug-likeness (QED) is 0.753. The van der Waals surface area contributed by atoms with Crippen LogP contribution in [-0.2, 0) is 13.1 Å². The molecule has 0 aliphatic heterocycles. The number of hydrogen-bond donors (Lipinski definition) is 1. The Kier molecular flexibility index (Phi) is 6.22. The lowest BCUT2D eigenvalue weighted by atomic mass is 10.1. The predicted octanol–water partition coefficient (Wildman–Crippen LogP) is 1.89. The first-order valence-electron chi connectivity index (χ1n) is 6.61. The second kappa shape index (κ2) is 7.45. The Morgan fingerprint density at radius 1 is 1.35 bits per heavy atom. The molecule has 98 valence electrons. The summed E-state index contributed by atoms with van der Waals surface area (Å²) in [5.74, 6) is 1.09. The van der Waals surface area contributed by atoms with Crippen molar-refractivity contribution in [1.82, 2.24) is 14.5 Å². The van der Waals surface area contributed by atoms with Gasteiger partial charge in [-0.25, -0.2) is 4.98 Å². The number of aliphatic hydroxyl groups is 1. The highest BCUT2D eigenvalue weighted by Gasteiger charge is 2.16. The first-order valence-corrected chi connectivity index (χ1v) is 6.61. The Labute approximate surface area is 104 Å². The van der Waals surface area contributed by atoms with E-state index in [1.807, 2.05) is 12.4 Å². The van der Waals surface area contributed by atoms with Crippen molar-refractivity contribution in [2.75, 3.05) is 13.2 Å². The molecule has 1 aromatic heterocycles. The van der Waals surface area contributed by atoms with E-state index in [2.05, 4.69) is 35.2 Å². The Hall–Kier alpha value is -0.870. The molecule has 0 saturated carbocycles. The molecule has 4 heteroatoms. The topological polar surface area (TPSA) is 41.3 Å². The zero-order valence-electron chi connectivity index (χ0n) is 11.3. The Morgan fingerprint density at radius 3 is 2.59 bits per heavy atom. The predicted molar refractivity (Wildman–Crippen MR) is 69.8 cm³/mol. The molecule has 0 radical (unpaired) electrons. The minimum Gasteiger partial charge on any atom is -0.395 e. The molecule has 0 spiro atoms. The SMILES string of the molecule is CCC(CC)N(CCO)Cc1nccn1CC. The van der Waals surface area contributed by atoms with E-state index in [0.717, 1.165) is 38.3 Å². The molecule has 0 aromatic carbocycles. The van der Waals surface area contributed by atoms with Crippen LogP contribution in [0.1, 0.15) is 39.4 Å². The number of aliphatic hydroxyl groups excluding tert-OH is 1. The molecule has 4 nitrogen and oxygen atoms in total. The van der Waals surface area contributed by atoms with Gasteiger partial charge in [0.05, 0.1) is 13.2 Å². The van der Waals surface area contributed by atoms with Crippen LogP contribution >= 0.6 is 0 Å². The first kappa shape index (κ1) is 14.2. The minimum absolute atomic E-state index is 0.212. The van der Waals surface area contributed by atoms with Gasteiger partial charge in [0.1, 0.15) is 5.82 Å². The van der Waals surface area contributed by atoms with Crippen molar-refractivity contribution in [3.63, 3.8) is 0 Å². The number of aryl methyl sites for hydroxylation is 1. The molecular weight excluding hydrogens is 214 g/mol. The highest BCUT2D eigenvalue weighted by atomic mass is 16.3. The van der Waals surface area contributed by atoms with E-state index in [1.165, 1.54) is 0 Å². The molecule has 0 unspecified atom stereocenters. The lowest BCUT2D eigenvalue weighted by Gasteiger charge is -2.29. The number of rotatable bonds is 8. The maximum Gasteiger partial charge on any atom is 0.122 e. The number of aromatic nitrogens is 2. The van der Waals surface area contributed by atoms with Crippen molar-refractivity contribution in [2.45, 2.75) is 52.7 Å². The van der Waals surface area contributed by atoms with Crippen molar-refractivity contribution in [1.29, 1.82) is 0 Å². The van der Waals surface area contributed by atoms with Crippen molar-refractivity contribution in [2.24, 2.45) is 0 Å². The summed E-state index contributed by atoms with van der Waals surface area (Å²) in [6.07, 6.45) is 6.09. The molecule has 0 aliphatic rings. The van der Waals surface area contributed by atoms with Gasteiger partial charge in [-0.05, 0) is 19.8 Å². The molecule has 1 rings (SSSR count). The van der Waals surface area contributed by atoms with Gasteiger partial charge in [-0.3, -0.25) is 4.90 Å². The van der Waals surface area contributed by atoms with Crippen molar-refractivity contribution in [3.8, 4) is 0 Å². The summed E-state index contributed by atoms with van der Waals surface area (Å²) >= 11 is 0. The third kappa shape index (κ3) is 3.82. The molecule has 1 aromatic rings. The standard InChI is InChI=1S/C13H25N3O/c1-4-12(5-2)16(9-10-17)11-13-14-7-8-15(13)6-3/h7-8,12,17H,4-6,9-11H2,1-3H3. The van der Waals surface area contributed by atoms with E-state index in [1.54, 1.807) is 0 Å². The fourth-order valence-electron chi connectivity index (χ4n) is 2.29.